The highest BCUT2D eigenvalue weighted by Crippen LogP contribution is 2.29. The minimum absolute atomic E-state index is 0. The van der Waals surface area contributed by atoms with E-state index in [9.17, 15) is 0 Å². The van der Waals surface area contributed by atoms with Gasteiger partial charge in [0.1, 0.15) is 0 Å². The third kappa shape index (κ3) is 3.38. The molecule has 2 aliphatic rings. The van der Waals surface area contributed by atoms with Gasteiger partial charge in [-0.15, -0.1) is 23.7 Å². The molecule has 0 aliphatic carbocycles. The molecule has 1 N–H and O–H groups in total. The maximum absolute atomic E-state index is 4.26. The highest BCUT2D eigenvalue weighted by atomic mass is 35.5. The summed E-state index contributed by atoms with van der Waals surface area (Å²) in [6.45, 7) is 3.53. The molecule has 2 bridgehead atoms. The summed E-state index contributed by atoms with van der Waals surface area (Å²) in [5, 5.41) is 8.01. The van der Waals surface area contributed by atoms with Gasteiger partial charge in [0.15, 0.2) is 0 Å². The van der Waals surface area contributed by atoms with Crippen molar-refractivity contribution in [3.05, 3.63) is 29.4 Å². The van der Waals surface area contributed by atoms with E-state index in [0.29, 0.717) is 0 Å². The van der Waals surface area contributed by atoms with Crippen LogP contribution in [0.2, 0.25) is 0 Å². The van der Waals surface area contributed by atoms with Crippen molar-refractivity contribution in [2.24, 2.45) is 7.05 Å². The third-order valence-corrected chi connectivity index (χ3v) is 5.76. The zero-order valence-corrected chi connectivity index (χ0v) is 14.5. The van der Waals surface area contributed by atoms with Crippen molar-refractivity contribution in [3.8, 4) is 10.4 Å². The summed E-state index contributed by atoms with van der Waals surface area (Å²) in [5.41, 5.74) is 1.23. The van der Waals surface area contributed by atoms with Crippen LogP contribution in [0.3, 0.4) is 0 Å². The molecule has 22 heavy (non-hydrogen) atoms. The molecule has 6 heteroatoms. The Bertz CT molecular complexity index is 623. The van der Waals surface area contributed by atoms with E-state index in [4.69, 9.17) is 0 Å². The molecular weight excluding hydrogens is 316 g/mol. The largest absolute Gasteiger partial charge is 0.310 e. The van der Waals surface area contributed by atoms with Gasteiger partial charge in [-0.1, -0.05) is 0 Å². The second-order valence-corrected chi connectivity index (χ2v) is 7.50. The van der Waals surface area contributed by atoms with Gasteiger partial charge in [0, 0.05) is 60.3 Å². The second kappa shape index (κ2) is 6.71. The van der Waals surface area contributed by atoms with Crippen molar-refractivity contribution in [3.63, 3.8) is 0 Å². The summed E-state index contributed by atoms with van der Waals surface area (Å²) in [6, 6.07) is 6.01. The van der Waals surface area contributed by atoms with Crippen LogP contribution in [-0.2, 0) is 13.6 Å². The van der Waals surface area contributed by atoms with Crippen LogP contribution in [0.15, 0.2) is 24.5 Å². The molecule has 0 amide bonds. The number of likely N-dealkylation sites (tertiary alicyclic amines) is 1. The SMILES string of the molecule is Cl.Cn1cc(-c2ccc(CN3CCC4CCC(C3)N4)s2)cn1. The summed E-state index contributed by atoms with van der Waals surface area (Å²) in [5.74, 6) is 0. The van der Waals surface area contributed by atoms with Crippen molar-refractivity contribution in [2.45, 2.75) is 37.9 Å². The molecule has 120 valence electrons. The average molecular weight is 339 g/mol. The average Bonchev–Trinajstić information content (AvgIpc) is 3.13. The fourth-order valence-electron chi connectivity index (χ4n) is 3.55. The second-order valence-electron chi connectivity index (χ2n) is 6.33. The lowest BCUT2D eigenvalue weighted by Gasteiger charge is -2.23. The number of nitrogens with zero attached hydrogens (tertiary/aromatic N) is 3. The van der Waals surface area contributed by atoms with Crippen molar-refractivity contribution < 1.29 is 0 Å². The van der Waals surface area contributed by atoms with Crippen LogP contribution >= 0.6 is 23.7 Å². The molecule has 2 atom stereocenters. The zero-order valence-electron chi connectivity index (χ0n) is 12.9. The van der Waals surface area contributed by atoms with Gasteiger partial charge < -0.3 is 5.32 Å². The molecule has 0 saturated carbocycles. The quantitative estimate of drug-likeness (QED) is 0.934. The Morgan fingerprint density at radius 1 is 1.27 bits per heavy atom. The van der Waals surface area contributed by atoms with Crippen molar-refractivity contribution in [2.75, 3.05) is 13.1 Å². The molecule has 2 aromatic heterocycles. The van der Waals surface area contributed by atoms with Gasteiger partial charge in [-0.2, -0.15) is 5.10 Å². The first-order valence-corrected chi connectivity index (χ1v) is 8.64. The Hall–Kier alpha value is -0.880. The minimum Gasteiger partial charge on any atom is -0.310 e. The number of thiophene rings is 1. The number of halogens is 1. The van der Waals surface area contributed by atoms with E-state index in [0.717, 1.165) is 18.6 Å². The van der Waals surface area contributed by atoms with E-state index < -0.39 is 0 Å². The van der Waals surface area contributed by atoms with Gasteiger partial charge >= 0.3 is 0 Å². The maximum atomic E-state index is 4.26. The van der Waals surface area contributed by atoms with E-state index in [2.05, 4.69) is 33.6 Å². The summed E-state index contributed by atoms with van der Waals surface area (Å²) in [7, 11) is 1.97. The lowest BCUT2D eigenvalue weighted by Crippen LogP contribution is -2.34. The third-order valence-electron chi connectivity index (χ3n) is 4.64. The molecule has 2 unspecified atom stereocenters. The lowest BCUT2D eigenvalue weighted by atomic mass is 10.1. The molecule has 0 radical (unpaired) electrons. The van der Waals surface area contributed by atoms with Crippen LogP contribution < -0.4 is 5.32 Å². The fourth-order valence-corrected chi connectivity index (χ4v) is 4.57. The lowest BCUT2D eigenvalue weighted by molar-refractivity contribution is 0.253. The maximum Gasteiger partial charge on any atom is 0.0576 e. The van der Waals surface area contributed by atoms with Crippen molar-refractivity contribution >= 4 is 23.7 Å². The normalized spacial score (nSPS) is 25.0. The molecule has 0 spiro atoms. The smallest absolute Gasteiger partial charge is 0.0576 e. The van der Waals surface area contributed by atoms with Crippen LogP contribution in [0, 0.1) is 0 Å². The number of fused-ring (bicyclic) bond motifs is 2. The molecular formula is C16H23ClN4S. The van der Waals surface area contributed by atoms with Gasteiger partial charge in [-0.25, -0.2) is 0 Å². The highest BCUT2D eigenvalue weighted by molar-refractivity contribution is 7.15. The Balaban J connectivity index is 0.00000144. The topological polar surface area (TPSA) is 33.1 Å². The number of hydrogen-bond acceptors (Lipinski definition) is 4. The monoisotopic (exact) mass is 338 g/mol. The number of hydrogen-bond donors (Lipinski definition) is 1. The summed E-state index contributed by atoms with van der Waals surface area (Å²) < 4.78 is 1.87. The van der Waals surface area contributed by atoms with Crippen molar-refractivity contribution in [1.82, 2.24) is 20.0 Å². The van der Waals surface area contributed by atoms with Gasteiger partial charge in [0.2, 0.25) is 0 Å². The van der Waals surface area contributed by atoms with Crippen LogP contribution in [0.4, 0.5) is 0 Å². The van der Waals surface area contributed by atoms with Gasteiger partial charge in [0.25, 0.3) is 0 Å². The Morgan fingerprint density at radius 3 is 2.95 bits per heavy atom. The van der Waals surface area contributed by atoms with Crippen LogP contribution in [0.1, 0.15) is 24.1 Å². The van der Waals surface area contributed by atoms with E-state index in [-0.39, 0.29) is 12.4 Å². The van der Waals surface area contributed by atoms with Gasteiger partial charge in [-0.05, 0) is 31.4 Å². The Morgan fingerprint density at radius 2 is 2.14 bits per heavy atom. The van der Waals surface area contributed by atoms with Crippen LogP contribution in [-0.4, -0.2) is 39.9 Å². The predicted octanol–water partition coefficient (Wildman–Crippen LogP) is 2.90. The van der Waals surface area contributed by atoms with E-state index in [1.165, 1.54) is 47.7 Å². The van der Waals surface area contributed by atoms with Crippen LogP contribution in [0.5, 0.6) is 0 Å². The fraction of sp³-hybridized carbons (Fsp3) is 0.562. The van der Waals surface area contributed by atoms with Gasteiger partial charge in [0.05, 0.1) is 6.20 Å². The first kappa shape index (κ1) is 16.0. The minimum atomic E-state index is 0. The molecule has 4 heterocycles. The molecule has 4 nitrogen and oxygen atoms in total. The first-order valence-electron chi connectivity index (χ1n) is 7.82. The standard InChI is InChI=1S/C16H22N4S.ClH/c1-19-9-12(8-17-19)16-5-4-15(21-16)11-20-7-6-13-2-3-14(10-20)18-13;/h4-5,8-9,13-14,18H,2-3,6-7,10-11H2,1H3;1H. The Kier molecular flexibility index (Phi) is 4.88. The number of nitrogens with one attached hydrogen (secondary N) is 1. The Labute approximate surface area is 141 Å². The molecule has 2 saturated heterocycles. The molecule has 4 rings (SSSR count). The predicted molar refractivity (Wildman–Crippen MR) is 93.6 cm³/mol. The van der Waals surface area contributed by atoms with Crippen molar-refractivity contribution in [1.29, 1.82) is 0 Å². The van der Waals surface area contributed by atoms with Crippen LogP contribution in [0.25, 0.3) is 10.4 Å². The summed E-state index contributed by atoms with van der Waals surface area (Å²) in [6.07, 6.45) is 8.07. The number of aryl methyl sites for hydroxylation is 1. The molecule has 2 aromatic rings. The molecule has 2 fully saturated rings. The number of aromatic nitrogens is 2. The molecule has 0 aromatic carbocycles. The molecule has 2 aliphatic heterocycles. The van der Waals surface area contributed by atoms with Gasteiger partial charge in [-0.3, -0.25) is 9.58 Å². The highest BCUT2D eigenvalue weighted by Gasteiger charge is 2.29. The summed E-state index contributed by atoms with van der Waals surface area (Å²) >= 11 is 1.90. The van der Waals surface area contributed by atoms with E-state index >= 15 is 0 Å². The number of rotatable bonds is 3. The zero-order chi connectivity index (χ0) is 14.2. The summed E-state index contributed by atoms with van der Waals surface area (Å²) in [4.78, 5) is 5.41. The van der Waals surface area contributed by atoms with E-state index in [1.807, 2.05) is 29.3 Å². The van der Waals surface area contributed by atoms with E-state index in [1.54, 1.807) is 0 Å². The first-order chi connectivity index (χ1) is 10.3.